The predicted molar refractivity (Wildman–Crippen MR) is 218 cm³/mol. The van der Waals surface area contributed by atoms with E-state index in [-0.39, 0.29) is 34.9 Å². The van der Waals surface area contributed by atoms with Crippen molar-refractivity contribution in [2.45, 2.75) is 144 Å². The standard InChI is InChI=1S/C27H37NO3.C19H29NO3/c1-19(23(29)18-15-20-13-16-22(17-14-20)26(2,3)4)24(21-11-9-8-10-12-21)28-25(30)31-27(5,6)7;1-6-7-13-16(21)14(2)17(15-11-9-8-10-12-15)20-18(22)23-19(3,4)5/h8-14,16-17,19,24H,15,18H2,1-7H3,(H,28,30);8-12,14,17H,6-7,13H2,1-5H3,(H,20,22). The maximum absolute atomic E-state index is 13.0. The lowest BCUT2D eigenvalue weighted by molar-refractivity contribution is -0.124. The summed E-state index contributed by atoms with van der Waals surface area (Å²) >= 11 is 0. The zero-order valence-corrected chi connectivity index (χ0v) is 34.9. The van der Waals surface area contributed by atoms with Gasteiger partial charge in [-0.25, -0.2) is 9.59 Å². The molecule has 4 unspecified atom stereocenters. The fraction of sp³-hybridized carbons (Fsp3) is 0.522. The second-order valence-corrected chi connectivity index (χ2v) is 17.1. The van der Waals surface area contributed by atoms with Crippen LogP contribution in [0.25, 0.3) is 0 Å². The highest BCUT2D eigenvalue weighted by Gasteiger charge is 2.30. The molecule has 0 aliphatic heterocycles. The first-order chi connectivity index (χ1) is 25.1. The summed E-state index contributed by atoms with van der Waals surface area (Å²) in [4.78, 5) is 50.0. The van der Waals surface area contributed by atoms with Crippen LogP contribution in [0.5, 0.6) is 0 Å². The number of unbranched alkanes of at least 4 members (excludes halogenated alkanes) is 1. The topological polar surface area (TPSA) is 111 Å². The number of carbonyl (C=O) groups excluding carboxylic acids is 4. The molecule has 0 radical (unpaired) electrons. The largest absolute Gasteiger partial charge is 0.444 e. The number of rotatable bonds is 14. The van der Waals surface area contributed by atoms with Crippen LogP contribution in [0.4, 0.5) is 9.59 Å². The van der Waals surface area contributed by atoms with Crippen molar-refractivity contribution in [1.29, 1.82) is 0 Å². The van der Waals surface area contributed by atoms with Crippen molar-refractivity contribution in [2.75, 3.05) is 0 Å². The van der Waals surface area contributed by atoms with Crippen LogP contribution in [0.1, 0.15) is 143 Å². The van der Waals surface area contributed by atoms with Gasteiger partial charge in [0.1, 0.15) is 22.8 Å². The number of nitrogens with one attached hydrogen (secondary N) is 2. The minimum Gasteiger partial charge on any atom is -0.444 e. The van der Waals surface area contributed by atoms with E-state index in [0.717, 1.165) is 29.5 Å². The lowest BCUT2D eigenvalue weighted by Gasteiger charge is -2.27. The molecule has 3 aromatic carbocycles. The van der Waals surface area contributed by atoms with Gasteiger partial charge in [-0.3, -0.25) is 9.59 Å². The fourth-order valence-electron chi connectivity index (χ4n) is 5.80. The van der Waals surface area contributed by atoms with Gasteiger partial charge in [-0.2, -0.15) is 0 Å². The van der Waals surface area contributed by atoms with Crippen molar-refractivity contribution >= 4 is 23.8 Å². The average Bonchev–Trinajstić information content (AvgIpc) is 3.09. The minimum atomic E-state index is -0.599. The third kappa shape index (κ3) is 16.7. The van der Waals surface area contributed by atoms with Crippen LogP contribution in [-0.4, -0.2) is 35.0 Å². The van der Waals surface area contributed by atoms with Gasteiger partial charge in [-0.05, 0) is 82.1 Å². The van der Waals surface area contributed by atoms with Crippen molar-refractivity contribution in [3.05, 3.63) is 107 Å². The van der Waals surface area contributed by atoms with Gasteiger partial charge < -0.3 is 20.1 Å². The molecule has 0 saturated heterocycles. The molecule has 8 nitrogen and oxygen atoms in total. The Morgan fingerprint density at radius 2 is 0.963 bits per heavy atom. The molecule has 3 aromatic rings. The molecule has 0 heterocycles. The van der Waals surface area contributed by atoms with Gasteiger partial charge in [0.05, 0.1) is 12.1 Å². The number of aryl methyl sites for hydroxylation is 1. The van der Waals surface area contributed by atoms with Crippen molar-refractivity contribution < 1.29 is 28.7 Å². The molecule has 296 valence electrons. The number of ketones is 2. The number of carbonyl (C=O) groups is 4. The lowest BCUT2D eigenvalue weighted by Crippen LogP contribution is -2.39. The van der Waals surface area contributed by atoms with E-state index in [9.17, 15) is 19.2 Å². The number of alkyl carbamates (subject to hydrolysis) is 2. The summed E-state index contributed by atoms with van der Waals surface area (Å²) in [6, 6.07) is 26.8. The van der Waals surface area contributed by atoms with Crippen LogP contribution >= 0.6 is 0 Å². The van der Waals surface area contributed by atoms with Gasteiger partial charge in [0.2, 0.25) is 0 Å². The zero-order valence-electron chi connectivity index (χ0n) is 34.9. The summed E-state index contributed by atoms with van der Waals surface area (Å²) in [5, 5.41) is 5.78. The Morgan fingerprint density at radius 1 is 0.574 bits per heavy atom. The average molecular weight is 743 g/mol. The Balaban J connectivity index is 0.000000391. The van der Waals surface area contributed by atoms with Crippen molar-refractivity contribution in [2.24, 2.45) is 11.8 Å². The molecule has 0 fully saturated rings. The predicted octanol–water partition coefficient (Wildman–Crippen LogP) is 11.0. The molecule has 0 saturated carbocycles. The molecule has 0 aliphatic carbocycles. The Kier molecular flexibility index (Phi) is 17.6. The van der Waals surface area contributed by atoms with Crippen molar-refractivity contribution in [1.82, 2.24) is 10.6 Å². The van der Waals surface area contributed by atoms with E-state index < -0.39 is 29.4 Å². The second kappa shape index (κ2) is 20.8. The Morgan fingerprint density at radius 3 is 1.31 bits per heavy atom. The van der Waals surface area contributed by atoms with E-state index in [1.807, 2.05) is 116 Å². The maximum atomic E-state index is 13.0. The molecule has 4 atom stereocenters. The minimum absolute atomic E-state index is 0.110. The summed E-state index contributed by atoms with van der Waals surface area (Å²) in [6.07, 6.45) is 2.49. The van der Waals surface area contributed by atoms with E-state index in [4.69, 9.17) is 9.47 Å². The first kappa shape index (κ1) is 45.7. The van der Waals surface area contributed by atoms with Crippen LogP contribution in [0, 0.1) is 11.8 Å². The van der Waals surface area contributed by atoms with Crippen molar-refractivity contribution in [3.8, 4) is 0 Å². The van der Waals surface area contributed by atoms with E-state index in [1.54, 1.807) is 0 Å². The van der Waals surface area contributed by atoms with E-state index in [2.05, 4.69) is 62.6 Å². The summed E-state index contributed by atoms with van der Waals surface area (Å²) in [5.41, 5.74) is 3.17. The number of benzene rings is 3. The molecule has 2 N–H and O–H groups in total. The molecule has 0 bridgehead atoms. The number of hydrogen-bond acceptors (Lipinski definition) is 6. The Bertz CT molecular complexity index is 1600. The van der Waals surface area contributed by atoms with Crippen LogP contribution in [0.3, 0.4) is 0 Å². The SMILES string of the molecule is CC(C(=O)CCc1ccc(C(C)(C)C)cc1)C(NC(=O)OC(C)(C)C)c1ccccc1.CCCCC(=O)C(C)C(NC(=O)OC(C)(C)C)c1ccccc1. The maximum Gasteiger partial charge on any atom is 0.408 e. The van der Waals surface area contributed by atoms with Crippen LogP contribution in [-0.2, 0) is 30.9 Å². The highest BCUT2D eigenvalue weighted by molar-refractivity contribution is 5.83. The molecule has 3 rings (SSSR count). The normalized spacial score (nSPS) is 13.9. The zero-order chi connectivity index (χ0) is 40.7. The van der Waals surface area contributed by atoms with Crippen molar-refractivity contribution in [3.63, 3.8) is 0 Å². The number of Topliss-reactive ketones (excluding diaryl/α,β-unsaturated/α-hetero) is 2. The first-order valence-electron chi connectivity index (χ1n) is 19.3. The third-order valence-electron chi connectivity index (χ3n) is 8.93. The van der Waals surface area contributed by atoms with Crippen LogP contribution in [0.2, 0.25) is 0 Å². The summed E-state index contributed by atoms with van der Waals surface area (Å²) in [6.45, 7) is 23.3. The molecular weight excluding hydrogens is 677 g/mol. The quantitative estimate of drug-likeness (QED) is 0.170. The molecule has 0 aliphatic rings. The summed E-state index contributed by atoms with van der Waals surface area (Å²) < 4.78 is 10.8. The Labute approximate surface area is 325 Å². The lowest BCUT2D eigenvalue weighted by atomic mass is 9.86. The molecule has 2 amide bonds. The van der Waals surface area contributed by atoms with Crippen LogP contribution < -0.4 is 10.6 Å². The van der Waals surface area contributed by atoms with E-state index in [0.29, 0.717) is 19.3 Å². The molecule has 54 heavy (non-hydrogen) atoms. The Hall–Kier alpha value is -4.46. The monoisotopic (exact) mass is 742 g/mol. The summed E-state index contributed by atoms with van der Waals surface area (Å²) in [7, 11) is 0. The van der Waals surface area contributed by atoms with Gasteiger partial charge in [-0.1, -0.05) is 133 Å². The second-order valence-electron chi connectivity index (χ2n) is 17.1. The van der Waals surface area contributed by atoms with Gasteiger partial charge >= 0.3 is 12.2 Å². The third-order valence-corrected chi connectivity index (χ3v) is 8.93. The highest BCUT2D eigenvalue weighted by Crippen LogP contribution is 2.27. The fourth-order valence-corrected chi connectivity index (χ4v) is 5.80. The number of amides is 2. The van der Waals surface area contributed by atoms with Gasteiger partial charge in [0.15, 0.2) is 0 Å². The van der Waals surface area contributed by atoms with E-state index in [1.165, 1.54) is 5.56 Å². The van der Waals surface area contributed by atoms with E-state index >= 15 is 0 Å². The molecular formula is C46H66N2O6. The molecule has 0 spiro atoms. The summed E-state index contributed by atoms with van der Waals surface area (Å²) in [5.74, 6) is -0.387. The number of hydrogen-bond donors (Lipinski definition) is 2. The number of ether oxygens (including phenoxy) is 2. The van der Waals surface area contributed by atoms with Gasteiger partial charge in [0, 0.05) is 24.7 Å². The highest BCUT2D eigenvalue weighted by atomic mass is 16.6. The molecule has 8 heteroatoms. The first-order valence-corrected chi connectivity index (χ1v) is 19.3. The van der Waals surface area contributed by atoms with Crippen LogP contribution in [0.15, 0.2) is 84.9 Å². The molecule has 0 aromatic heterocycles. The van der Waals surface area contributed by atoms with Gasteiger partial charge in [-0.15, -0.1) is 0 Å². The smallest absolute Gasteiger partial charge is 0.408 e. The van der Waals surface area contributed by atoms with Gasteiger partial charge in [0.25, 0.3) is 0 Å².